The van der Waals surface area contributed by atoms with Crippen molar-refractivity contribution in [1.82, 2.24) is 0 Å². The quantitative estimate of drug-likeness (QED) is 0.499. The Balaban J connectivity index is 1.49. The summed E-state index contributed by atoms with van der Waals surface area (Å²) in [5.41, 5.74) is 0.132. The Labute approximate surface area is 171 Å². The molecule has 156 valence electrons. The molecule has 5 heteroatoms. The van der Waals surface area contributed by atoms with Gasteiger partial charge >= 0.3 is 5.97 Å². The molecule has 2 saturated heterocycles. The highest BCUT2D eigenvalue weighted by Gasteiger charge is 2.83. The summed E-state index contributed by atoms with van der Waals surface area (Å²) in [6.45, 7) is 6.28. The van der Waals surface area contributed by atoms with Crippen molar-refractivity contribution in [2.45, 2.75) is 89.4 Å². The number of hydrogen-bond acceptors (Lipinski definition) is 5. The van der Waals surface area contributed by atoms with E-state index >= 15 is 0 Å². The average molecular weight is 398 g/mol. The van der Waals surface area contributed by atoms with Crippen LogP contribution in [0.5, 0.6) is 0 Å². The summed E-state index contributed by atoms with van der Waals surface area (Å²) in [4.78, 5) is 37.2. The molecule has 2 aliphatic heterocycles. The van der Waals surface area contributed by atoms with E-state index in [-0.39, 0.29) is 57.5 Å². The molecule has 0 aromatic carbocycles. The van der Waals surface area contributed by atoms with Gasteiger partial charge in [-0.1, -0.05) is 19.4 Å². The fraction of sp³-hybridized carbons (Fsp3) is 0.792. The summed E-state index contributed by atoms with van der Waals surface area (Å²) < 4.78 is 12.7. The zero-order valence-corrected chi connectivity index (χ0v) is 17.6. The molecule has 1 unspecified atom stereocenters. The summed E-state index contributed by atoms with van der Waals surface area (Å²) in [5.74, 6) is 0.676. The van der Waals surface area contributed by atoms with E-state index in [0.717, 1.165) is 37.7 Å². The topological polar surface area (TPSA) is 73.0 Å². The molecule has 2 spiro atoms. The van der Waals surface area contributed by atoms with Crippen LogP contribution >= 0.6 is 0 Å². The van der Waals surface area contributed by atoms with Crippen molar-refractivity contribution < 1.29 is 23.9 Å². The molecule has 0 aromatic heterocycles. The van der Waals surface area contributed by atoms with Crippen LogP contribution in [-0.2, 0) is 23.9 Å². The van der Waals surface area contributed by atoms with Crippen LogP contribution in [0.1, 0.15) is 72.1 Å². The molecular weight excluding hydrogens is 368 g/mol. The zero-order chi connectivity index (χ0) is 20.4. The Morgan fingerprint density at radius 3 is 2.62 bits per heavy atom. The van der Waals surface area contributed by atoms with Gasteiger partial charge in [-0.2, -0.15) is 0 Å². The third-order valence-electron chi connectivity index (χ3n) is 10.2. The standard InChI is InChI=1S/C24H30O5/c1-13(25)16-11-14-10-15(26)4-7-21(14,2)24-18(28-24)12-22(3)17(20(16)24)5-8-23(22)9-6-19(27)29-23/h10,16-18,20H,4-9,11-12H2,1-3H3/t16-,17-,18+,20-,21-,22-,23+,24?/m0/s1. The number of ether oxygens (including phenoxy) is 2. The smallest absolute Gasteiger partial charge is 0.306 e. The predicted octanol–water partition coefficient (Wildman–Crippen LogP) is 3.54. The number of epoxide rings is 1. The number of hydrogen-bond donors (Lipinski definition) is 0. The molecule has 0 amide bonds. The number of rotatable bonds is 1. The maximum Gasteiger partial charge on any atom is 0.306 e. The molecule has 5 fully saturated rings. The lowest BCUT2D eigenvalue weighted by Crippen LogP contribution is -2.63. The Morgan fingerprint density at radius 2 is 1.93 bits per heavy atom. The van der Waals surface area contributed by atoms with E-state index in [1.807, 2.05) is 6.08 Å². The molecule has 6 aliphatic rings. The highest BCUT2D eigenvalue weighted by molar-refractivity contribution is 5.92. The van der Waals surface area contributed by atoms with Crippen LogP contribution in [-0.4, -0.2) is 34.8 Å². The molecule has 3 saturated carbocycles. The molecule has 0 bridgehead atoms. The van der Waals surface area contributed by atoms with Crippen LogP contribution in [0.3, 0.4) is 0 Å². The molecule has 5 nitrogen and oxygen atoms in total. The highest BCUT2D eigenvalue weighted by atomic mass is 16.6. The lowest BCUT2D eigenvalue weighted by molar-refractivity contribution is -0.167. The van der Waals surface area contributed by atoms with Gasteiger partial charge in [0.15, 0.2) is 5.78 Å². The van der Waals surface area contributed by atoms with E-state index < -0.39 is 0 Å². The lowest BCUT2D eigenvalue weighted by Gasteiger charge is -2.58. The van der Waals surface area contributed by atoms with Crippen LogP contribution in [0.4, 0.5) is 0 Å². The van der Waals surface area contributed by atoms with E-state index in [1.54, 1.807) is 6.92 Å². The average Bonchev–Trinajstić information content (AvgIpc) is 3.14. The number of carbonyl (C=O) groups is 3. The van der Waals surface area contributed by atoms with Crippen molar-refractivity contribution in [2.75, 3.05) is 0 Å². The molecule has 29 heavy (non-hydrogen) atoms. The Hall–Kier alpha value is -1.49. The van der Waals surface area contributed by atoms with Gasteiger partial charge in [-0.3, -0.25) is 14.4 Å². The van der Waals surface area contributed by atoms with E-state index in [1.165, 1.54) is 0 Å². The minimum absolute atomic E-state index is 0.0739. The zero-order valence-electron chi connectivity index (χ0n) is 17.6. The minimum atomic E-state index is -0.381. The first-order valence-corrected chi connectivity index (χ1v) is 11.3. The van der Waals surface area contributed by atoms with E-state index in [2.05, 4.69) is 13.8 Å². The van der Waals surface area contributed by atoms with Gasteiger partial charge in [0.1, 0.15) is 17.0 Å². The minimum Gasteiger partial charge on any atom is -0.458 e. The van der Waals surface area contributed by atoms with Crippen LogP contribution in [0, 0.1) is 28.6 Å². The summed E-state index contributed by atoms with van der Waals surface area (Å²) >= 11 is 0. The summed E-state index contributed by atoms with van der Waals surface area (Å²) in [6, 6.07) is 0. The van der Waals surface area contributed by atoms with Crippen molar-refractivity contribution in [3.8, 4) is 0 Å². The van der Waals surface area contributed by atoms with Crippen molar-refractivity contribution in [3.05, 3.63) is 11.6 Å². The van der Waals surface area contributed by atoms with Crippen molar-refractivity contribution in [3.63, 3.8) is 0 Å². The fourth-order valence-corrected chi connectivity index (χ4v) is 8.70. The maximum atomic E-state index is 12.9. The van der Waals surface area contributed by atoms with Crippen LogP contribution < -0.4 is 0 Å². The second-order valence-electron chi connectivity index (χ2n) is 11.0. The fourth-order valence-electron chi connectivity index (χ4n) is 8.70. The largest absolute Gasteiger partial charge is 0.458 e. The number of esters is 1. The molecular formula is C24H30O5. The Bertz CT molecular complexity index is 890. The first-order chi connectivity index (χ1) is 13.7. The van der Waals surface area contributed by atoms with Gasteiger partial charge in [0, 0.05) is 35.5 Å². The van der Waals surface area contributed by atoms with Gasteiger partial charge in [-0.05, 0) is 57.4 Å². The number of fused-ring (bicyclic) bond motifs is 4. The van der Waals surface area contributed by atoms with Crippen LogP contribution in [0.2, 0.25) is 0 Å². The predicted molar refractivity (Wildman–Crippen MR) is 104 cm³/mol. The highest BCUT2D eigenvalue weighted by Crippen LogP contribution is 2.78. The molecule has 2 heterocycles. The second kappa shape index (κ2) is 5.22. The molecule has 6 rings (SSSR count). The van der Waals surface area contributed by atoms with E-state index in [9.17, 15) is 14.4 Å². The van der Waals surface area contributed by atoms with E-state index in [4.69, 9.17) is 9.47 Å². The van der Waals surface area contributed by atoms with Crippen molar-refractivity contribution >= 4 is 17.5 Å². The van der Waals surface area contributed by atoms with Gasteiger partial charge < -0.3 is 9.47 Å². The first-order valence-electron chi connectivity index (χ1n) is 11.3. The molecule has 8 atom stereocenters. The maximum absolute atomic E-state index is 12.9. The lowest BCUT2D eigenvalue weighted by atomic mass is 9.43. The number of carbonyl (C=O) groups excluding carboxylic acids is 3. The summed E-state index contributed by atoms with van der Waals surface area (Å²) in [6.07, 6.45) is 8.07. The third kappa shape index (κ3) is 1.90. The SMILES string of the molecule is CC(=O)[C@@H]1CC2=CC(=O)CC[C@]2(C)C23O[C@@H]2C[C@@]2(C)[C@@H](CC[C@@]24CCC(=O)O4)[C@H]13. The van der Waals surface area contributed by atoms with Crippen molar-refractivity contribution in [2.24, 2.45) is 28.6 Å². The Kier molecular flexibility index (Phi) is 3.29. The van der Waals surface area contributed by atoms with Gasteiger partial charge in [-0.15, -0.1) is 0 Å². The molecule has 0 aromatic rings. The van der Waals surface area contributed by atoms with E-state index in [0.29, 0.717) is 25.2 Å². The molecule has 0 radical (unpaired) electrons. The number of ketones is 2. The van der Waals surface area contributed by atoms with Crippen molar-refractivity contribution in [1.29, 1.82) is 0 Å². The van der Waals surface area contributed by atoms with Gasteiger partial charge in [0.2, 0.25) is 0 Å². The van der Waals surface area contributed by atoms with Crippen LogP contribution in [0.15, 0.2) is 11.6 Å². The molecule has 4 aliphatic carbocycles. The summed E-state index contributed by atoms with van der Waals surface area (Å²) in [7, 11) is 0. The molecule has 0 N–H and O–H groups in total. The van der Waals surface area contributed by atoms with Gasteiger partial charge in [0.05, 0.1) is 6.10 Å². The van der Waals surface area contributed by atoms with Gasteiger partial charge in [0.25, 0.3) is 0 Å². The summed E-state index contributed by atoms with van der Waals surface area (Å²) in [5, 5.41) is 0. The van der Waals surface area contributed by atoms with Gasteiger partial charge in [-0.25, -0.2) is 0 Å². The Morgan fingerprint density at radius 1 is 1.14 bits per heavy atom. The monoisotopic (exact) mass is 398 g/mol. The second-order valence-corrected chi connectivity index (χ2v) is 11.0. The van der Waals surface area contributed by atoms with Crippen LogP contribution in [0.25, 0.3) is 0 Å². The first kappa shape index (κ1) is 18.3. The normalized spacial score (nSPS) is 54.8. The number of Topliss-reactive ketones (excluding diaryl/α,β-unsaturated/α-hetero) is 1. The third-order valence-corrected chi connectivity index (χ3v) is 10.2.